The van der Waals surface area contributed by atoms with Crippen LogP contribution in [0.15, 0.2) is 11.5 Å². The van der Waals surface area contributed by atoms with Gasteiger partial charge in [0.25, 0.3) is 0 Å². The predicted molar refractivity (Wildman–Crippen MR) is 56.8 cm³/mol. The minimum Gasteiger partial charge on any atom is -0.465 e. The van der Waals surface area contributed by atoms with Crippen molar-refractivity contribution in [1.82, 2.24) is 0 Å². The molecule has 1 atom stereocenters. The summed E-state index contributed by atoms with van der Waals surface area (Å²) in [7, 11) is -3.06. The zero-order chi connectivity index (χ0) is 11.5. The fraction of sp³-hybridized carbons (Fsp3) is 0.700. The number of rotatable bonds is 4. The van der Waals surface area contributed by atoms with E-state index in [4.69, 9.17) is 4.74 Å². The smallest absolute Gasteiger partial charge is 0.306 e. The van der Waals surface area contributed by atoms with Crippen LogP contribution < -0.4 is 0 Å². The average molecular weight is 232 g/mol. The van der Waals surface area contributed by atoms with Gasteiger partial charge in [-0.1, -0.05) is 19.9 Å². The molecule has 1 aliphatic rings. The molecule has 5 heteroatoms. The van der Waals surface area contributed by atoms with Crippen molar-refractivity contribution in [2.75, 3.05) is 12.4 Å². The van der Waals surface area contributed by atoms with Crippen molar-refractivity contribution < 1.29 is 17.9 Å². The Bertz CT molecular complexity index is 354. The molecule has 0 saturated heterocycles. The summed E-state index contributed by atoms with van der Waals surface area (Å²) in [5.74, 6) is -0.203. The second-order valence-corrected chi connectivity index (χ2v) is 6.13. The number of sulfone groups is 1. The van der Waals surface area contributed by atoms with Crippen LogP contribution in [-0.2, 0) is 19.4 Å². The zero-order valence-electron chi connectivity index (χ0n) is 8.97. The van der Waals surface area contributed by atoms with Crippen LogP contribution in [0.1, 0.15) is 20.3 Å². The average Bonchev–Trinajstić information content (AvgIpc) is 2.42. The van der Waals surface area contributed by atoms with Crippen LogP contribution in [0.3, 0.4) is 0 Å². The summed E-state index contributed by atoms with van der Waals surface area (Å²) < 4.78 is 27.1. The van der Waals surface area contributed by atoms with Gasteiger partial charge in [0.15, 0.2) is 9.84 Å². The highest BCUT2D eigenvalue weighted by atomic mass is 32.2. The van der Waals surface area contributed by atoms with Crippen LogP contribution in [0, 0.1) is 11.8 Å². The number of hydrogen-bond acceptors (Lipinski definition) is 4. The molecule has 0 spiro atoms. The molecule has 0 amide bonds. The number of esters is 1. The van der Waals surface area contributed by atoms with E-state index in [0.29, 0.717) is 12.5 Å². The molecule has 0 radical (unpaired) electrons. The summed E-state index contributed by atoms with van der Waals surface area (Å²) in [6.45, 7) is 4.29. The van der Waals surface area contributed by atoms with Crippen LogP contribution >= 0.6 is 0 Å². The fourth-order valence-electron chi connectivity index (χ4n) is 1.30. The fourth-order valence-corrected chi connectivity index (χ4v) is 2.70. The largest absolute Gasteiger partial charge is 0.465 e. The van der Waals surface area contributed by atoms with Crippen molar-refractivity contribution >= 4 is 15.8 Å². The number of carbonyl (C=O) groups is 1. The molecule has 0 aromatic heterocycles. The van der Waals surface area contributed by atoms with Crippen LogP contribution in [0.2, 0.25) is 0 Å². The molecule has 0 aliphatic carbocycles. The monoisotopic (exact) mass is 232 g/mol. The predicted octanol–water partition coefficient (Wildman–Crippen LogP) is 1.13. The van der Waals surface area contributed by atoms with E-state index in [-0.39, 0.29) is 24.1 Å². The van der Waals surface area contributed by atoms with Crippen molar-refractivity contribution in [3.63, 3.8) is 0 Å². The molecule has 0 aromatic rings. The highest BCUT2D eigenvalue weighted by Gasteiger charge is 2.24. The Morgan fingerprint density at radius 2 is 2.20 bits per heavy atom. The molecular weight excluding hydrogens is 216 g/mol. The van der Waals surface area contributed by atoms with Gasteiger partial charge in [0.2, 0.25) is 0 Å². The first-order valence-corrected chi connectivity index (χ1v) is 6.67. The summed E-state index contributed by atoms with van der Waals surface area (Å²) >= 11 is 0. The van der Waals surface area contributed by atoms with E-state index in [1.165, 1.54) is 5.41 Å². The minimum absolute atomic E-state index is 0.0315. The number of allylic oxidation sites excluding steroid dienone is 1. The van der Waals surface area contributed by atoms with E-state index >= 15 is 0 Å². The lowest BCUT2D eigenvalue weighted by Gasteiger charge is -2.09. The molecule has 4 nitrogen and oxygen atoms in total. The molecule has 0 N–H and O–H groups in total. The Kier molecular flexibility index (Phi) is 3.90. The lowest BCUT2D eigenvalue weighted by Crippen LogP contribution is -2.15. The Labute approximate surface area is 90.2 Å². The maximum absolute atomic E-state index is 11.3. The third-order valence-corrected chi connectivity index (χ3v) is 3.48. The van der Waals surface area contributed by atoms with Crippen molar-refractivity contribution in [1.29, 1.82) is 0 Å². The van der Waals surface area contributed by atoms with Gasteiger partial charge in [0, 0.05) is 11.3 Å². The van der Waals surface area contributed by atoms with Crippen molar-refractivity contribution in [3.8, 4) is 0 Å². The van der Waals surface area contributed by atoms with Gasteiger partial charge in [-0.3, -0.25) is 4.79 Å². The van der Waals surface area contributed by atoms with Gasteiger partial charge in [-0.15, -0.1) is 0 Å². The highest BCUT2D eigenvalue weighted by molar-refractivity contribution is 7.94. The number of ether oxygens (including phenoxy) is 1. The quantitative estimate of drug-likeness (QED) is 0.682. The summed E-state index contributed by atoms with van der Waals surface area (Å²) in [6, 6.07) is 0. The van der Waals surface area contributed by atoms with Gasteiger partial charge < -0.3 is 4.74 Å². The first-order valence-electron chi connectivity index (χ1n) is 4.95. The van der Waals surface area contributed by atoms with Gasteiger partial charge in [0.05, 0.1) is 18.8 Å². The van der Waals surface area contributed by atoms with E-state index in [0.717, 1.165) is 0 Å². The zero-order valence-corrected chi connectivity index (χ0v) is 9.79. The number of hydrogen-bond donors (Lipinski definition) is 0. The molecular formula is C10H16O4S. The lowest BCUT2D eigenvalue weighted by molar-refractivity contribution is -0.145. The van der Waals surface area contributed by atoms with Gasteiger partial charge in [-0.05, 0) is 5.92 Å². The van der Waals surface area contributed by atoms with E-state index in [2.05, 4.69) is 0 Å². The van der Waals surface area contributed by atoms with Crippen LogP contribution in [-0.4, -0.2) is 26.7 Å². The first-order chi connectivity index (χ1) is 6.89. The minimum atomic E-state index is -3.06. The van der Waals surface area contributed by atoms with Crippen LogP contribution in [0.5, 0.6) is 0 Å². The molecule has 0 saturated carbocycles. The molecule has 0 unspecified atom stereocenters. The van der Waals surface area contributed by atoms with E-state index in [9.17, 15) is 13.2 Å². The second kappa shape index (κ2) is 4.79. The normalized spacial score (nSPS) is 23.3. The van der Waals surface area contributed by atoms with Gasteiger partial charge >= 0.3 is 5.97 Å². The molecule has 86 valence electrons. The molecule has 0 aromatic carbocycles. The maximum atomic E-state index is 11.3. The SMILES string of the molecule is CC(C)COC(=O)C[C@H]1C=CS(=O)(=O)C1. The van der Waals surface area contributed by atoms with Crippen LogP contribution in [0.25, 0.3) is 0 Å². The van der Waals surface area contributed by atoms with E-state index in [1.807, 2.05) is 13.8 Å². The first kappa shape index (κ1) is 12.2. The van der Waals surface area contributed by atoms with E-state index in [1.54, 1.807) is 6.08 Å². The van der Waals surface area contributed by atoms with Crippen molar-refractivity contribution in [2.45, 2.75) is 20.3 Å². The topological polar surface area (TPSA) is 60.4 Å². The molecule has 0 bridgehead atoms. The van der Waals surface area contributed by atoms with Gasteiger partial charge in [-0.2, -0.15) is 0 Å². The van der Waals surface area contributed by atoms with E-state index < -0.39 is 9.84 Å². The summed E-state index contributed by atoms with van der Waals surface area (Å²) in [5, 5.41) is 1.17. The number of carbonyl (C=O) groups excluding carboxylic acids is 1. The molecule has 1 rings (SSSR count). The maximum Gasteiger partial charge on any atom is 0.306 e. The Balaban J connectivity index is 2.32. The Morgan fingerprint density at radius 3 is 2.67 bits per heavy atom. The second-order valence-electron chi connectivity index (χ2n) is 4.20. The summed E-state index contributed by atoms with van der Waals surface area (Å²) in [6.07, 6.45) is 1.72. The van der Waals surface area contributed by atoms with Gasteiger partial charge in [0.1, 0.15) is 0 Å². The molecule has 1 aliphatic heterocycles. The van der Waals surface area contributed by atoms with Crippen molar-refractivity contribution in [2.24, 2.45) is 11.8 Å². The van der Waals surface area contributed by atoms with Crippen LogP contribution in [0.4, 0.5) is 0 Å². The third-order valence-electron chi connectivity index (χ3n) is 2.01. The lowest BCUT2D eigenvalue weighted by atomic mass is 10.1. The van der Waals surface area contributed by atoms with Crippen molar-refractivity contribution in [3.05, 3.63) is 11.5 Å². The summed E-state index contributed by atoms with van der Waals surface area (Å²) in [4.78, 5) is 11.3. The van der Waals surface area contributed by atoms with Gasteiger partial charge in [-0.25, -0.2) is 8.42 Å². The summed E-state index contributed by atoms with van der Waals surface area (Å²) in [5.41, 5.74) is 0. The third kappa shape index (κ3) is 4.46. The Hall–Kier alpha value is -0.840. The molecule has 1 heterocycles. The molecule has 0 fully saturated rings. The standard InChI is InChI=1S/C10H16O4S/c1-8(2)6-14-10(11)5-9-3-4-15(12,13)7-9/h3-4,8-9H,5-7H2,1-2H3/t9-/m1/s1. The Morgan fingerprint density at radius 1 is 1.53 bits per heavy atom. The molecule has 15 heavy (non-hydrogen) atoms. The highest BCUT2D eigenvalue weighted by Crippen LogP contribution is 2.18.